The van der Waals surface area contributed by atoms with Crippen LogP contribution in [-0.2, 0) is 16.1 Å². The maximum atomic E-state index is 12.2. The van der Waals surface area contributed by atoms with Crippen LogP contribution in [0.1, 0.15) is 55.6 Å². The number of hydrogen-bond donors (Lipinski definition) is 1. The number of piperidine rings is 1. The minimum Gasteiger partial charge on any atom is -0.505 e. The van der Waals surface area contributed by atoms with Crippen LogP contribution in [0.3, 0.4) is 0 Å². The van der Waals surface area contributed by atoms with Crippen molar-refractivity contribution in [2.45, 2.75) is 53.5 Å². The van der Waals surface area contributed by atoms with Crippen LogP contribution in [0.5, 0.6) is 0 Å². The van der Waals surface area contributed by atoms with E-state index in [0.29, 0.717) is 11.4 Å². The summed E-state index contributed by atoms with van der Waals surface area (Å²) in [6.45, 7) is 11.2. The number of nitrogens with zero attached hydrogens (tertiary/aromatic N) is 3. The van der Waals surface area contributed by atoms with Crippen LogP contribution in [0.4, 0.5) is 0 Å². The van der Waals surface area contributed by atoms with Crippen molar-refractivity contribution in [1.29, 1.82) is 0 Å². The van der Waals surface area contributed by atoms with Crippen molar-refractivity contribution in [2.75, 3.05) is 19.7 Å². The summed E-state index contributed by atoms with van der Waals surface area (Å²) >= 11 is 0. The number of ether oxygens (including phenoxy) is 1. The van der Waals surface area contributed by atoms with Gasteiger partial charge in [0.15, 0.2) is 5.76 Å². The van der Waals surface area contributed by atoms with Crippen LogP contribution in [0.2, 0.25) is 0 Å². The van der Waals surface area contributed by atoms with Gasteiger partial charge in [-0.1, -0.05) is 18.6 Å². The Bertz CT molecular complexity index is 1130. The molecule has 0 spiro atoms. The minimum atomic E-state index is -0.547. The molecule has 2 aliphatic heterocycles. The first kappa shape index (κ1) is 23.1. The Morgan fingerprint density at radius 2 is 1.82 bits per heavy atom. The Hall–Kier alpha value is -3.12. The zero-order valence-electron chi connectivity index (χ0n) is 20.0. The van der Waals surface area contributed by atoms with Crippen molar-refractivity contribution in [1.82, 2.24) is 9.47 Å². The normalized spacial score (nSPS) is 18.2. The first-order valence-corrected chi connectivity index (χ1v) is 11.8. The number of rotatable bonds is 6. The van der Waals surface area contributed by atoms with Crippen molar-refractivity contribution >= 4 is 17.8 Å². The lowest BCUT2D eigenvalue weighted by Crippen LogP contribution is -2.29. The minimum absolute atomic E-state index is 0.127. The lowest BCUT2D eigenvalue weighted by molar-refractivity contribution is -0.138. The van der Waals surface area contributed by atoms with Gasteiger partial charge in [0.2, 0.25) is 0 Å². The fraction of sp³-hybridized carbons (Fsp3) is 0.407. The highest BCUT2D eigenvalue weighted by atomic mass is 16.5. The molecule has 0 saturated carbocycles. The second-order valence-corrected chi connectivity index (χ2v) is 8.84. The predicted molar refractivity (Wildman–Crippen MR) is 132 cm³/mol. The Labute approximate surface area is 195 Å². The molecule has 174 valence electrons. The molecule has 6 nitrogen and oxygen atoms in total. The zero-order valence-corrected chi connectivity index (χ0v) is 20.0. The topological polar surface area (TPSA) is 67.1 Å². The van der Waals surface area contributed by atoms with E-state index in [-0.39, 0.29) is 17.9 Å². The maximum Gasteiger partial charge on any atom is 0.343 e. The van der Waals surface area contributed by atoms with Gasteiger partial charge in [-0.3, -0.25) is 4.90 Å². The summed E-state index contributed by atoms with van der Waals surface area (Å²) in [5.74, 6) is -0.674. The molecule has 1 aromatic heterocycles. The van der Waals surface area contributed by atoms with E-state index in [1.165, 1.54) is 37.9 Å². The zero-order chi connectivity index (χ0) is 23.5. The van der Waals surface area contributed by atoms with E-state index in [9.17, 15) is 9.90 Å². The van der Waals surface area contributed by atoms with Gasteiger partial charge in [-0.05, 0) is 89.0 Å². The van der Waals surface area contributed by atoms with Gasteiger partial charge in [0.25, 0.3) is 0 Å². The van der Waals surface area contributed by atoms with Crippen LogP contribution in [-0.4, -0.2) is 46.0 Å². The molecular formula is C27H33N3O3. The van der Waals surface area contributed by atoms with Gasteiger partial charge in [-0.2, -0.15) is 0 Å². The second-order valence-electron chi connectivity index (χ2n) is 8.84. The third kappa shape index (κ3) is 4.81. The molecule has 1 fully saturated rings. The number of aliphatic hydroxyl groups excluding tert-OH is 1. The average Bonchev–Trinajstić information content (AvgIpc) is 3.23. The number of esters is 1. The fourth-order valence-corrected chi connectivity index (χ4v) is 4.74. The Morgan fingerprint density at radius 3 is 2.48 bits per heavy atom. The van der Waals surface area contributed by atoms with Gasteiger partial charge in [0.1, 0.15) is 11.3 Å². The molecule has 0 amide bonds. The third-order valence-electron chi connectivity index (χ3n) is 6.42. The van der Waals surface area contributed by atoms with E-state index in [1.54, 1.807) is 13.8 Å². The van der Waals surface area contributed by atoms with Crippen molar-refractivity contribution in [3.63, 3.8) is 0 Å². The number of carbonyl (C=O) groups excluding carboxylic acids is 1. The molecule has 0 radical (unpaired) electrons. The van der Waals surface area contributed by atoms with E-state index >= 15 is 0 Å². The number of hydrogen-bond acceptors (Lipinski definition) is 5. The highest BCUT2D eigenvalue weighted by Crippen LogP contribution is 2.29. The number of aromatic nitrogens is 1. The lowest BCUT2D eigenvalue weighted by Gasteiger charge is -2.26. The maximum absolute atomic E-state index is 12.2. The summed E-state index contributed by atoms with van der Waals surface area (Å²) in [4.78, 5) is 19.1. The summed E-state index contributed by atoms with van der Waals surface area (Å²) in [6.07, 6.45) is 5.78. The van der Waals surface area contributed by atoms with E-state index in [2.05, 4.69) is 58.6 Å². The van der Waals surface area contributed by atoms with Gasteiger partial charge >= 0.3 is 5.97 Å². The lowest BCUT2D eigenvalue weighted by atomic mass is 10.1. The number of benzene rings is 1. The highest BCUT2D eigenvalue weighted by molar-refractivity contribution is 6.22. The molecule has 1 saturated heterocycles. The summed E-state index contributed by atoms with van der Waals surface area (Å²) in [6, 6.07) is 10.8. The van der Waals surface area contributed by atoms with Crippen molar-refractivity contribution in [2.24, 2.45) is 4.99 Å². The van der Waals surface area contributed by atoms with Crippen molar-refractivity contribution in [3.05, 3.63) is 69.9 Å². The van der Waals surface area contributed by atoms with Gasteiger partial charge in [0.05, 0.1) is 12.3 Å². The van der Waals surface area contributed by atoms with Crippen molar-refractivity contribution < 1.29 is 14.6 Å². The van der Waals surface area contributed by atoms with Crippen LogP contribution in [0, 0.1) is 13.8 Å². The summed E-state index contributed by atoms with van der Waals surface area (Å²) in [5.41, 5.74) is 6.53. The average molecular weight is 448 g/mol. The van der Waals surface area contributed by atoms with Crippen LogP contribution in [0.25, 0.3) is 11.8 Å². The molecule has 1 aromatic carbocycles. The first-order valence-electron chi connectivity index (χ1n) is 11.8. The van der Waals surface area contributed by atoms with E-state index in [4.69, 9.17) is 4.74 Å². The molecule has 0 atom stereocenters. The quantitative estimate of drug-likeness (QED) is 0.613. The standard InChI is InChI=1S/C27H33N3O3/c1-5-33-27(32)25-19(3)28-24(26(25)31)16-22-15-18(2)30(20(22)4)23-11-9-21(10-12-23)17-29-13-7-6-8-14-29/h9-12,15-16,31H,5-8,13-14,17H2,1-4H3/b24-16+. The van der Waals surface area contributed by atoms with Crippen LogP contribution < -0.4 is 0 Å². The predicted octanol–water partition coefficient (Wildman–Crippen LogP) is 5.27. The molecule has 0 unspecified atom stereocenters. The van der Waals surface area contributed by atoms with E-state index in [1.807, 2.05) is 6.08 Å². The number of aryl methyl sites for hydroxylation is 1. The highest BCUT2D eigenvalue weighted by Gasteiger charge is 2.28. The van der Waals surface area contributed by atoms with Crippen LogP contribution >= 0.6 is 0 Å². The Balaban J connectivity index is 1.58. The van der Waals surface area contributed by atoms with Gasteiger partial charge < -0.3 is 14.4 Å². The third-order valence-corrected chi connectivity index (χ3v) is 6.42. The largest absolute Gasteiger partial charge is 0.505 e. The number of likely N-dealkylation sites (tertiary alicyclic amines) is 1. The van der Waals surface area contributed by atoms with Crippen LogP contribution in [0.15, 0.2) is 52.4 Å². The molecule has 0 bridgehead atoms. The van der Waals surface area contributed by atoms with E-state index in [0.717, 1.165) is 29.2 Å². The molecule has 4 rings (SSSR count). The number of carbonyl (C=O) groups is 1. The fourth-order valence-electron chi connectivity index (χ4n) is 4.74. The Morgan fingerprint density at radius 1 is 1.12 bits per heavy atom. The molecule has 3 heterocycles. The molecule has 2 aliphatic rings. The molecule has 0 aliphatic carbocycles. The van der Waals surface area contributed by atoms with Gasteiger partial charge in [0, 0.05) is 23.6 Å². The monoisotopic (exact) mass is 447 g/mol. The molecule has 33 heavy (non-hydrogen) atoms. The van der Waals surface area contributed by atoms with Crippen molar-refractivity contribution in [3.8, 4) is 5.69 Å². The summed E-state index contributed by atoms with van der Waals surface area (Å²) in [5, 5.41) is 10.6. The number of aliphatic imine (C=N–C) groups is 1. The molecule has 1 N–H and O–H groups in total. The summed E-state index contributed by atoms with van der Waals surface area (Å²) in [7, 11) is 0. The molecule has 2 aromatic rings. The summed E-state index contributed by atoms with van der Waals surface area (Å²) < 4.78 is 7.26. The van der Waals surface area contributed by atoms with Gasteiger partial charge in [-0.15, -0.1) is 0 Å². The smallest absolute Gasteiger partial charge is 0.343 e. The second kappa shape index (κ2) is 9.79. The van der Waals surface area contributed by atoms with E-state index < -0.39 is 5.97 Å². The molecule has 6 heteroatoms. The number of aliphatic hydroxyl groups is 1. The SMILES string of the molecule is CCOC(=O)C1=C(O)/C(=C\c2cc(C)n(-c3ccc(CN4CCCCC4)cc3)c2C)N=C1C. The Kier molecular flexibility index (Phi) is 6.84. The molecular weight excluding hydrogens is 414 g/mol. The first-order chi connectivity index (χ1) is 15.9. The van der Waals surface area contributed by atoms with Gasteiger partial charge in [-0.25, -0.2) is 9.79 Å².